The Balaban J connectivity index is 1.57. The lowest BCUT2D eigenvalue weighted by Gasteiger charge is -2.13. The largest absolute Gasteiger partial charge is 0.460 e. The molecule has 5 rings (SSSR count). The van der Waals surface area contributed by atoms with E-state index in [4.69, 9.17) is 32.0 Å². The predicted octanol–water partition coefficient (Wildman–Crippen LogP) is 8.69. The van der Waals surface area contributed by atoms with E-state index < -0.39 is 0 Å². The molecule has 0 amide bonds. The Morgan fingerprint density at radius 1 is 0.516 bits per heavy atom. The maximum absolute atomic E-state index is 6.29. The highest BCUT2D eigenvalue weighted by atomic mass is 35.5. The van der Waals surface area contributed by atoms with Crippen molar-refractivity contribution in [1.82, 2.24) is 0 Å². The number of hydrogen-bond donors (Lipinski definition) is 0. The topological polar surface area (TPSA) is 26.3 Å². The van der Waals surface area contributed by atoms with E-state index in [0.29, 0.717) is 10.0 Å². The van der Waals surface area contributed by atoms with Crippen LogP contribution in [0.5, 0.6) is 0 Å². The second-order valence-corrected chi connectivity index (χ2v) is 8.14. The average Bonchev–Trinajstić information content (AvgIpc) is 3.46. The fourth-order valence-corrected chi connectivity index (χ4v) is 4.10. The van der Waals surface area contributed by atoms with E-state index in [1.165, 1.54) is 0 Å². The van der Waals surface area contributed by atoms with Crippen LogP contribution in [0.25, 0.3) is 22.6 Å². The van der Waals surface area contributed by atoms with E-state index in [-0.39, 0.29) is 5.92 Å². The second-order valence-electron chi connectivity index (χ2n) is 7.27. The number of benzene rings is 3. The number of furan rings is 2. The summed E-state index contributed by atoms with van der Waals surface area (Å²) in [4.78, 5) is 0. The predicted molar refractivity (Wildman–Crippen MR) is 126 cm³/mol. The molecular weight excluding hydrogens is 427 g/mol. The summed E-state index contributed by atoms with van der Waals surface area (Å²) < 4.78 is 12.6. The van der Waals surface area contributed by atoms with Crippen LogP contribution in [0.2, 0.25) is 10.0 Å². The van der Waals surface area contributed by atoms with Crippen LogP contribution >= 0.6 is 23.2 Å². The molecule has 31 heavy (non-hydrogen) atoms. The molecular formula is C27H18Cl2O2. The first kappa shape index (κ1) is 19.7. The molecule has 5 aromatic rings. The third-order valence-corrected chi connectivity index (χ3v) is 5.64. The normalized spacial score (nSPS) is 11.2. The van der Waals surface area contributed by atoms with Crippen molar-refractivity contribution in [2.75, 3.05) is 0 Å². The number of rotatable bonds is 5. The van der Waals surface area contributed by atoms with Gasteiger partial charge in [-0.25, -0.2) is 0 Å². The van der Waals surface area contributed by atoms with Gasteiger partial charge in [0.1, 0.15) is 29.0 Å². The summed E-state index contributed by atoms with van der Waals surface area (Å²) in [5.74, 6) is 2.95. The summed E-state index contributed by atoms with van der Waals surface area (Å²) in [7, 11) is 0. The minimum Gasteiger partial charge on any atom is -0.460 e. The fraction of sp³-hybridized carbons (Fsp3) is 0.0370. The molecule has 2 heterocycles. The SMILES string of the molecule is Clc1cccc(-c2ccc(C(c3ccccc3)c3ccc(-c4cccc(Cl)c4)o3)o2)c1. The second kappa shape index (κ2) is 8.50. The van der Waals surface area contributed by atoms with Crippen molar-refractivity contribution < 1.29 is 8.83 Å². The monoisotopic (exact) mass is 444 g/mol. The lowest BCUT2D eigenvalue weighted by Crippen LogP contribution is -2.00. The van der Waals surface area contributed by atoms with Gasteiger partial charge in [-0.05, 0) is 54.1 Å². The standard InChI is InChI=1S/C27H18Cl2O2/c28-21-10-4-8-19(16-21)23-12-14-25(30-23)27(18-6-2-1-3-7-18)26-15-13-24(31-26)20-9-5-11-22(29)17-20/h1-17,27H. The summed E-state index contributed by atoms with van der Waals surface area (Å²) in [6, 6.07) is 33.4. The summed E-state index contributed by atoms with van der Waals surface area (Å²) >= 11 is 12.3. The Morgan fingerprint density at radius 2 is 1.03 bits per heavy atom. The molecule has 152 valence electrons. The molecule has 0 saturated heterocycles. The highest BCUT2D eigenvalue weighted by Crippen LogP contribution is 2.38. The van der Waals surface area contributed by atoms with Gasteiger partial charge >= 0.3 is 0 Å². The summed E-state index contributed by atoms with van der Waals surface area (Å²) in [5.41, 5.74) is 2.95. The molecule has 2 nitrogen and oxygen atoms in total. The van der Waals surface area contributed by atoms with Gasteiger partial charge in [0.15, 0.2) is 0 Å². The molecule has 0 saturated carbocycles. The molecule has 0 bridgehead atoms. The minimum absolute atomic E-state index is 0.179. The Morgan fingerprint density at radius 3 is 1.52 bits per heavy atom. The van der Waals surface area contributed by atoms with Crippen LogP contribution < -0.4 is 0 Å². The van der Waals surface area contributed by atoms with E-state index in [0.717, 1.165) is 39.7 Å². The van der Waals surface area contributed by atoms with Crippen LogP contribution in [-0.4, -0.2) is 0 Å². The lowest BCUT2D eigenvalue weighted by molar-refractivity contribution is 0.461. The highest BCUT2D eigenvalue weighted by Gasteiger charge is 2.24. The van der Waals surface area contributed by atoms with Crippen molar-refractivity contribution in [3.63, 3.8) is 0 Å². The first-order chi connectivity index (χ1) is 15.2. The zero-order chi connectivity index (χ0) is 21.2. The molecule has 0 unspecified atom stereocenters. The molecule has 0 atom stereocenters. The summed E-state index contributed by atoms with van der Waals surface area (Å²) in [6.45, 7) is 0. The van der Waals surface area contributed by atoms with Crippen molar-refractivity contribution in [3.05, 3.63) is 130 Å². The van der Waals surface area contributed by atoms with E-state index in [1.54, 1.807) is 0 Å². The quantitative estimate of drug-likeness (QED) is 0.270. The molecule has 0 aliphatic heterocycles. The van der Waals surface area contributed by atoms with Gasteiger partial charge in [0, 0.05) is 21.2 Å². The van der Waals surface area contributed by atoms with Gasteiger partial charge in [-0.3, -0.25) is 0 Å². The molecule has 0 spiro atoms. The first-order valence-electron chi connectivity index (χ1n) is 9.94. The Kier molecular flexibility index (Phi) is 5.42. The zero-order valence-electron chi connectivity index (χ0n) is 16.5. The van der Waals surface area contributed by atoms with Crippen LogP contribution in [0.3, 0.4) is 0 Å². The van der Waals surface area contributed by atoms with Gasteiger partial charge in [0.2, 0.25) is 0 Å². The smallest absolute Gasteiger partial charge is 0.134 e. The van der Waals surface area contributed by atoms with Gasteiger partial charge in [-0.1, -0.05) is 77.8 Å². The lowest BCUT2D eigenvalue weighted by atomic mass is 9.94. The van der Waals surface area contributed by atoms with Crippen molar-refractivity contribution >= 4 is 23.2 Å². The molecule has 0 fully saturated rings. The average molecular weight is 445 g/mol. The third kappa shape index (κ3) is 4.18. The summed E-state index contributed by atoms with van der Waals surface area (Å²) in [5, 5.41) is 1.35. The highest BCUT2D eigenvalue weighted by molar-refractivity contribution is 6.31. The number of hydrogen-bond acceptors (Lipinski definition) is 2. The van der Waals surface area contributed by atoms with Crippen molar-refractivity contribution in [2.45, 2.75) is 5.92 Å². The van der Waals surface area contributed by atoms with Crippen LogP contribution in [0.4, 0.5) is 0 Å². The van der Waals surface area contributed by atoms with Crippen molar-refractivity contribution in [1.29, 1.82) is 0 Å². The Bertz CT molecular complexity index is 1230. The summed E-state index contributed by atoms with van der Waals surface area (Å²) in [6.07, 6.45) is 0. The molecule has 0 N–H and O–H groups in total. The van der Waals surface area contributed by atoms with E-state index >= 15 is 0 Å². The van der Waals surface area contributed by atoms with E-state index in [1.807, 2.05) is 91.0 Å². The van der Waals surface area contributed by atoms with Crippen LogP contribution in [0.1, 0.15) is 23.0 Å². The maximum atomic E-state index is 6.29. The van der Waals surface area contributed by atoms with Gasteiger partial charge in [-0.15, -0.1) is 0 Å². The fourth-order valence-electron chi connectivity index (χ4n) is 3.72. The van der Waals surface area contributed by atoms with Gasteiger partial charge in [0.05, 0.1) is 0 Å². The zero-order valence-corrected chi connectivity index (χ0v) is 18.0. The van der Waals surface area contributed by atoms with Crippen molar-refractivity contribution in [3.8, 4) is 22.6 Å². The maximum Gasteiger partial charge on any atom is 0.134 e. The number of halogens is 2. The van der Waals surface area contributed by atoms with Crippen molar-refractivity contribution in [2.24, 2.45) is 0 Å². The van der Waals surface area contributed by atoms with Crippen LogP contribution in [0, 0.1) is 0 Å². The third-order valence-electron chi connectivity index (χ3n) is 5.17. The Hall–Kier alpha value is -3.20. The molecule has 2 aromatic heterocycles. The molecule has 4 heteroatoms. The van der Waals surface area contributed by atoms with E-state index in [9.17, 15) is 0 Å². The first-order valence-corrected chi connectivity index (χ1v) is 10.7. The molecule has 0 aliphatic rings. The van der Waals surface area contributed by atoms with Crippen LogP contribution in [-0.2, 0) is 0 Å². The molecule has 0 radical (unpaired) electrons. The van der Waals surface area contributed by atoms with Crippen LogP contribution in [0.15, 0.2) is 112 Å². The van der Waals surface area contributed by atoms with E-state index in [2.05, 4.69) is 12.1 Å². The van der Waals surface area contributed by atoms with Gasteiger partial charge < -0.3 is 8.83 Å². The van der Waals surface area contributed by atoms with Gasteiger partial charge in [-0.2, -0.15) is 0 Å². The molecule has 3 aromatic carbocycles. The van der Waals surface area contributed by atoms with Gasteiger partial charge in [0.25, 0.3) is 0 Å². The Labute approximate surface area is 190 Å². The minimum atomic E-state index is -0.179. The molecule has 0 aliphatic carbocycles.